The SMILES string of the molecule is CSCCC(NC(=O)N(C)C1CCCCCC1)C(=O)O. The van der Waals surface area contributed by atoms with Gasteiger partial charge in [0.15, 0.2) is 0 Å². The number of carbonyl (C=O) groups excluding carboxylic acids is 1. The normalized spacial score (nSPS) is 18.1. The summed E-state index contributed by atoms with van der Waals surface area (Å²) < 4.78 is 0. The molecule has 0 aliphatic heterocycles. The number of amides is 2. The van der Waals surface area contributed by atoms with Crippen LogP contribution in [0.25, 0.3) is 0 Å². The summed E-state index contributed by atoms with van der Waals surface area (Å²) in [6.07, 6.45) is 9.20. The average molecular weight is 302 g/mol. The van der Waals surface area contributed by atoms with Crippen molar-refractivity contribution in [2.75, 3.05) is 19.1 Å². The first-order chi connectivity index (χ1) is 9.56. The third kappa shape index (κ3) is 5.61. The molecule has 2 amide bonds. The first kappa shape index (κ1) is 17.1. The van der Waals surface area contributed by atoms with Crippen molar-refractivity contribution in [3.05, 3.63) is 0 Å². The minimum Gasteiger partial charge on any atom is -0.480 e. The van der Waals surface area contributed by atoms with Crippen LogP contribution in [0.4, 0.5) is 4.79 Å². The quantitative estimate of drug-likeness (QED) is 0.740. The number of rotatable bonds is 6. The Morgan fingerprint density at radius 1 is 1.30 bits per heavy atom. The van der Waals surface area contributed by atoms with Crippen molar-refractivity contribution in [3.63, 3.8) is 0 Å². The summed E-state index contributed by atoms with van der Waals surface area (Å²) in [5, 5.41) is 11.8. The molecule has 1 unspecified atom stereocenters. The number of hydrogen-bond donors (Lipinski definition) is 2. The van der Waals surface area contributed by atoms with E-state index in [4.69, 9.17) is 5.11 Å². The Bertz CT molecular complexity index is 318. The van der Waals surface area contributed by atoms with Gasteiger partial charge in [0, 0.05) is 13.1 Å². The lowest BCUT2D eigenvalue weighted by Crippen LogP contribution is -2.49. The fraction of sp³-hybridized carbons (Fsp3) is 0.857. The topological polar surface area (TPSA) is 69.6 Å². The van der Waals surface area contributed by atoms with Gasteiger partial charge in [-0.05, 0) is 31.3 Å². The molecule has 0 aromatic heterocycles. The molecule has 5 nitrogen and oxygen atoms in total. The molecule has 1 atom stereocenters. The number of thioether (sulfide) groups is 1. The zero-order valence-electron chi connectivity index (χ0n) is 12.4. The van der Waals surface area contributed by atoms with Gasteiger partial charge in [-0.15, -0.1) is 0 Å². The molecule has 20 heavy (non-hydrogen) atoms. The van der Waals surface area contributed by atoms with Crippen LogP contribution in [0.15, 0.2) is 0 Å². The van der Waals surface area contributed by atoms with E-state index < -0.39 is 12.0 Å². The maximum Gasteiger partial charge on any atom is 0.326 e. The van der Waals surface area contributed by atoms with Crippen LogP contribution in [0, 0.1) is 0 Å². The van der Waals surface area contributed by atoms with E-state index in [2.05, 4.69) is 5.32 Å². The highest BCUT2D eigenvalue weighted by Gasteiger charge is 2.25. The Kier molecular flexibility index (Phi) is 7.80. The van der Waals surface area contributed by atoms with Crippen molar-refractivity contribution in [2.24, 2.45) is 0 Å². The van der Waals surface area contributed by atoms with E-state index in [1.165, 1.54) is 12.8 Å². The first-order valence-corrected chi connectivity index (χ1v) is 8.70. The van der Waals surface area contributed by atoms with Crippen LogP contribution < -0.4 is 5.32 Å². The first-order valence-electron chi connectivity index (χ1n) is 7.31. The van der Waals surface area contributed by atoms with Crippen molar-refractivity contribution in [1.29, 1.82) is 0 Å². The highest BCUT2D eigenvalue weighted by atomic mass is 32.2. The lowest BCUT2D eigenvalue weighted by molar-refractivity contribution is -0.139. The molecule has 1 saturated carbocycles. The van der Waals surface area contributed by atoms with Crippen molar-refractivity contribution in [2.45, 2.75) is 57.0 Å². The smallest absolute Gasteiger partial charge is 0.326 e. The van der Waals surface area contributed by atoms with E-state index in [9.17, 15) is 9.59 Å². The second-order valence-corrected chi connectivity index (χ2v) is 6.36. The zero-order valence-corrected chi connectivity index (χ0v) is 13.2. The van der Waals surface area contributed by atoms with E-state index in [-0.39, 0.29) is 12.1 Å². The molecule has 0 saturated heterocycles. The molecule has 6 heteroatoms. The number of urea groups is 1. The van der Waals surface area contributed by atoms with Gasteiger partial charge in [-0.3, -0.25) is 0 Å². The third-order valence-corrected chi connectivity index (χ3v) is 4.54. The Balaban J connectivity index is 2.51. The van der Waals surface area contributed by atoms with Crippen LogP contribution in [0.3, 0.4) is 0 Å². The lowest BCUT2D eigenvalue weighted by atomic mass is 10.1. The van der Waals surface area contributed by atoms with Gasteiger partial charge >= 0.3 is 12.0 Å². The summed E-state index contributed by atoms with van der Waals surface area (Å²) in [4.78, 5) is 25.0. The maximum absolute atomic E-state index is 12.2. The number of hydrogen-bond acceptors (Lipinski definition) is 3. The van der Waals surface area contributed by atoms with E-state index in [1.54, 1.807) is 23.7 Å². The molecule has 0 radical (unpaired) electrons. The van der Waals surface area contributed by atoms with Crippen molar-refractivity contribution in [1.82, 2.24) is 10.2 Å². The fourth-order valence-electron chi connectivity index (χ4n) is 2.55. The number of carbonyl (C=O) groups is 2. The monoisotopic (exact) mass is 302 g/mol. The van der Waals surface area contributed by atoms with Crippen LogP contribution in [-0.4, -0.2) is 53.1 Å². The Hall–Kier alpha value is -0.910. The fourth-order valence-corrected chi connectivity index (χ4v) is 3.03. The van der Waals surface area contributed by atoms with Crippen LogP contribution in [-0.2, 0) is 4.79 Å². The number of carboxylic acid groups (broad SMARTS) is 1. The van der Waals surface area contributed by atoms with Gasteiger partial charge in [0.1, 0.15) is 6.04 Å². The highest BCUT2D eigenvalue weighted by molar-refractivity contribution is 7.98. The molecule has 0 heterocycles. The molecule has 1 rings (SSSR count). The lowest BCUT2D eigenvalue weighted by Gasteiger charge is -2.28. The molecule has 116 valence electrons. The van der Waals surface area contributed by atoms with Crippen molar-refractivity contribution >= 4 is 23.8 Å². The molecule has 1 aliphatic carbocycles. The molecule has 1 aliphatic rings. The van der Waals surface area contributed by atoms with E-state index in [1.807, 2.05) is 6.26 Å². The van der Waals surface area contributed by atoms with Gasteiger partial charge < -0.3 is 15.3 Å². The third-order valence-electron chi connectivity index (χ3n) is 3.90. The Morgan fingerprint density at radius 2 is 1.90 bits per heavy atom. The molecule has 0 aromatic carbocycles. The molecule has 2 N–H and O–H groups in total. The largest absolute Gasteiger partial charge is 0.480 e. The highest BCUT2D eigenvalue weighted by Crippen LogP contribution is 2.21. The summed E-state index contributed by atoms with van der Waals surface area (Å²) in [5.74, 6) is -0.230. The van der Waals surface area contributed by atoms with Gasteiger partial charge in [-0.25, -0.2) is 9.59 Å². The maximum atomic E-state index is 12.2. The number of nitrogens with zero attached hydrogens (tertiary/aromatic N) is 1. The van der Waals surface area contributed by atoms with Gasteiger partial charge in [0.25, 0.3) is 0 Å². The predicted molar refractivity (Wildman–Crippen MR) is 82.2 cm³/mol. The number of nitrogens with one attached hydrogen (secondary N) is 1. The molecular weight excluding hydrogens is 276 g/mol. The average Bonchev–Trinajstić information content (AvgIpc) is 2.70. The van der Waals surface area contributed by atoms with Crippen LogP contribution >= 0.6 is 11.8 Å². The van der Waals surface area contributed by atoms with Gasteiger partial charge in [0.05, 0.1) is 0 Å². The standard InChI is InChI=1S/C14H26N2O3S/c1-16(11-7-5-3-4-6-8-11)14(19)15-12(13(17)18)9-10-20-2/h11-12H,3-10H2,1-2H3,(H,15,19)(H,17,18). The van der Waals surface area contributed by atoms with Gasteiger partial charge in [0.2, 0.25) is 0 Å². The Morgan fingerprint density at radius 3 is 2.40 bits per heavy atom. The van der Waals surface area contributed by atoms with Crippen LogP contribution in [0.2, 0.25) is 0 Å². The summed E-state index contributed by atoms with van der Waals surface area (Å²) in [7, 11) is 1.78. The Labute approximate surface area is 125 Å². The van der Waals surface area contributed by atoms with Gasteiger partial charge in [-0.1, -0.05) is 25.7 Å². The summed E-state index contributed by atoms with van der Waals surface area (Å²) >= 11 is 1.59. The molecule has 0 bridgehead atoms. The predicted octanol–water partition coefficient (Wildman–Crippen LogP) is 2.56. The molecular formula is C14H26N2O3S. The summed E-state index contributed by atoms with van der Waals surface area (Å²) in [6, 6.07) is -0.805. The van der Waals surface area contributed by atoms with Crippen molar-refractivity contribution in [3.8, 4) is 0 Å². The zero-order chi connectivity index (χ0) is 15.0. The molecule has 1 fully saturated rings. The second-order valence-electron chi connectivity index (χ2n) is 5.38. The van der Waals surface area contributed by atoms with Crippen LogP contribution in [0.5, 0.6) is 0 Å². The summed E-state index contributed by atoms with van der Waals surface area (Å²) in [6.45, 7) is 0. The number of carboxylic acids is 1. The minimum atomic E-state index is -0.957. The van der Waals surface area contributed by atoms with E-state index in [0.717, 1.165) is 31.4 Å². The molecule has 0 aromatic rings. The summed E-state index contributed by atoms with van der Waals surface area (Å²) in [5.41, 5.74) is 0. The van der Waals surface area contributed by atoms with Crippen molar-refractivity contribution < 1.29 is 14.7 Å². The van der Waals surface area contributed by atoms with Gasteiger partial charge in [-0.2, -0.15) is 11.8 Å². The minimum absolute atomic E-state index is 0.243. The second kappa shape index (κ2) is 9.10. The number of aliphatic carboxylic acids is 1. The van der Waals surface area contributed by atoms with Crippen LogP contribution in [0.1, 0.15) is 44.9 Å². The molecule has 0 spiro atoms. The van der Waals surface area contributed by atoms with E-state index >= 15 is 0 Å². The van der Waals surface area contributed by atoms with E-state index in [0.29, 0.717) is 6.42 Å².